The lowest BCUT2D eigenvalue weighted by atomic mass is 10.0. The average molecular weight is 330 g/mol. The van der Waals surface area contributed by atoms with Crippen LogP contribution >= 0.6 is 0 Å². The first kappa shape index (κ1) is 16.1. The Kier molecular flexibility index (Phi) is 4.50. The summed E-state index contributed by atoms with van der Waals surface area (Å²) in [6, 6.07) is 11.7. The van der Waals surface area contributed by atoms with Crippen molar-refractivity contribution in [2.45, 2.75) is 31.9 Å². The van der Waals surface area contributed by atoms with Crippen molar-refractivity contribution in [1.29, 1.82) is 0 Å². The minimum atomic E-state index is -3.27. The van der Waals surface area contributed by atoms with Crippen molar-refractivity contribution >= 4 is 10.0 Å². The molecule has 0 amide bonds. The van der Waals surface area contributed by atoms with Crippen molar-refractivity contribution in [2.75, 3.05) is 13.1 Å². The lowest BCUT2D eigenvalue weighted by Gasteiger charge is -2.17. The van der Waals surface area contributed by atoms with E-state index in [1.54, 1.807) is 10.5 Å². The van der Waals surface area contributed by atoms with Gasteiger partial charge in [0.1, 0.15) is 0 Å². The molecule has 4 nitrogen and oxygen atoms in total. The van der Waals surface area contributed by atoms with Crippen LogP contribution in [0, 0.1) is 13.8 Å². The Bertz CT molecular complexity index is 785. The molecule has 1 aromatic heterocycles. The van der Waals surface area contributed by atoms with Crippen LogP contribution in [0.4, 0.5) is 0 Å². The summed E-state index contributed by atoms with van der Waals surface area (Å²) in [6.07, 6.45) is 2.64. The number of nitrogens with zero attached hydrogens (tertiary/aromatic N) is 2. The van der Waals surface area contributed by atoms with Crippen molar-refractivity contribution < 1.29 is 8.42 Å². The first-order valence-electron chi connectivity index (χ1n) is 7.90. The standard InChI is InChI=1S/C18H22N2O2S/c1-14-3-5-16(6-4-14)13-23(21,22)20-10-8-17(12-20)18-11-15(2)7-9-19-18/h3-7,9,11,17H,8,10,12-13H2,1-2H3. The highest BCUT2D eigenvalue weighted by molar-refractivity contribution is 7.88. The number of pyridine rings is 1. The molecule has 1 unspecified atom stereocenters. The van der Waals surface area contributed by atoms with Gasteiger partial charge in [-0.1, -0.05) is 29.8 Å². The highest BCUT2D eigenvalue weighted by Crippen LogP contribution is 2.29. The molecule has 1 aliphatic rings. The lowest BCUT2D eigenvalue weighted by Crippen LogP contribution is -2.29. The van der Waals surface area contributed by atoms with Crippen molar-refractivity contribution in [2.24, 2.45) is 0 Å². The molecule has 5 heteroatoms. The van der Waals surface area contributed by atoms with Gasteiger partial charge in [-0.15, -0.1) is 0 Å². The molecule has 0 spiro atoms. The molecule has 3 rings (SSSR count). The Hall–Kier alpha value is -1.72. The predicted molar refractivity (Wildman–Crippen MR) is 91.7 cm³/mol. The lowest BCUT2D eigenvalue weighted by molar-refractivity contribution is 0.471. The second kappa shape index (κ2) is 6.42. The minimum absolute atomic E-state index is 0.0707. The molecule has 23 heavy (non-hydrogen) atoms. The van der Waals surface area contributed by atoms with Gasteiger partial charge in [-0.2, -0.15) is 0 Å². The molecule has 2 aromatic rings. The molecule has 0 N–H and O–H groups in total. The second-order valence-electron chi connectivity index (χ2n) is 6.34. The van der Waals surface area contributed by atoms with E-state index in [-0.39, 0.29) is 11.7 Å². The zero-order chi connectivity index (χ0) is 16.4. The maximum atomic E-state index is 12.6. The van der Waals surface area contributed by atoms with Gasteiger partial charge in [-0.25, -0.2) is 12.7 Å². The Morgan fingerprint density at radius 3 is 2.57 bits per heavy atom. The zero-order valence-corrected chi connectivity index (χ0v) is 14.4. The van der Waals surface area contributed by atoms with Crippen molar-refractivity contribution in [1.82, 2.24) is 9.29 Å². The number of aryl methyl sites for hydroxylation is 2. The highest BCUT2D eigenvalue weighted by Gasteiger charge is 2.32. The van der Waals surface area contributed by atoms with E-state index >= 15 is 0 Å². The molecule has 122 valence electrons. The average Bonchev–Trinajstić information content (AvgIpc) is 3.00. The maximum Gasteiger partial charge on any atom is 0.218 e. The summed E-state index contributed by atoms with van der Waals surface area (Å²) in [4.78, 5) is 4.41. The zero-order valence-electron chi connectivity index (χ0n) is 13.6. The van der Waals surface area contributed by atoms with Crippen LogP contribution in [-0.2, 0) is 15.8 Å². The van der Waals surface area contributed by atoms with Crippen molar-refractivity contribution in [3.8, 4) is 0 Å². The summed E-state index contributed by atoms with van der Waals surface area (Å²) in [5.74, 6) is 0.268. The largest absolute Gasteiger partial charge is 0.261 e. The molecule has 0 saturated carbocycles. The molecule has 1 aliphatic heterocycles. The Morgan fingerprint density at radius 2 is 1.87 bits per heavy atom. The Morgan fingerprint density at radius 1 is 1.13 bits per heavy atom. The van der Waals surface area contributed by atoms with Gasteiger partial charge >= 0.3 is 0 Å². The fraction of sp³-hybridized carbons (Fsp3) is 0.389. The third-order valence-electron chi connectivity index (χ3n) is 4.37. The number of sulfonamides is 1. The molecule has 1 aromatic carbocycles. The van der Waals surface area contributed by atoms with E-state index < -0.39 is 10.0 Å². The van der Waals surface area contributed by atoms with Crippen molar-refractivity contribution in [3.05, 3.63) is 65.0 Å². The number of aromatic nitrogens is 1. The molecule has 1 saturated heterocycles. The van der Waals surface area contributed by atoms with Crippen LogP contribution in [0.3, 0.4) is 0 Å². The monoisotopic (exact) mass is 330 g/mol. The minimum Gasteiger partial charge on any atom is -0.261 e. The molecule has 2 heterocycles. The second-order valence-corrected chi connectivity index (χ2v) is 8.31. The van der Waals surface area contributed by atoms with E-state index in [4.69, 9.17) is 0 Å². The normalized spacial score (nSPS) is 19.1. The van der Waals surface area contributed by atoms with Crippen LogP contribution in [0.1, 0.15) is 34.7 Å². The van der Waals surface area contributed by atoms with Crippen molar-refractivity contribution in [3.63, 3.8) is 0 Å². The summed E-state index contributed by atoms with van der Waals surface area (Å²) in [5, 5.41) is 0. The predicted octanol–water partition coefficient (Wildman–Crippen LogP) is 3.02. The van der Waals surface area contributed by atoms with E-state index in [9.17, 15) is 8.42 Å². The van der Waals surface area contributed by atoms with Gasteiger partial charge in [0.2, 0.25) is 10.0 Å². The smallest absolute Gasteiger partial charge is 0.218 e. The van der Waals surface area contributed by atoms with Crippen LogP contribution in [0.5, 0.6) is 0 Å². The highest BCUT2D eigenvalue weighted by atomic mass is 32.2. The first-order valence-corrected chi connectivity index (χ1v) is 9.51. The van der Waals surface area contributed by atoms with Crippen LogP contribution < -0.4 is 0 Å². The third kappa shape index (κ3) is 3.79. The van der Waals surface area contributed by atoms with Crippen LogP contribution in [0.15, 0.2) is 42.6 Å². The van der Waals surface area contributed by atoms with Gasteiger partial charge in [-0.05, 0) is 43.5 Å². The fourth-order valence-corrected chi connectivity index (χ4v) is 4.58. The SMILES string of the molecule is Cc1ccc(CS(=O)(=O)N2CCC(c3cc(C)ccn3)C2)cc1. The van der Waals surface area contributed by atoms with Crippen LogP contribution in [-0.4, -0.2) is 30.8 Å². The summed E-state index contributed by atoms with van der Waals surface area (Å²) >= 11 is 0. The first-order chi connectivity index (χ1) is 10.9. The molecule has 0 aliphatic carbocycles. The molecular weight excluding hydrogens is 308 g/mol. The molecule has 0 bridgehead atoms. The molecule has 0 radical (unpaired) electrons. The van der Waals surface area contributed by atoms with Gasteiger partial charge in [0.05, 0.1) is 5.75 Å². The molecule has 1 atom stereocenters. The van der Waals surface area contributed by atoms with E-state index in [2.05, 4.69) is 11.1 Å². The Balaban J connectivity index is 1.71. The van der Waals surface area contributed by atoms with Gasteiger partial charge in [0.15, 0.2) is 0 Å². The summed E-state index contributed by atoms with van der Waals surface area (Å²) in [7, 11) is -3.27. The quantitative estimate of drug-likeness (QED) is 0.866. The molecular formula is C18H22N2O2S. The third-order valence-corrected chi connectivity index (χ3v) is 6.19. The summed E-state index contributed by atoms with van der Waals surface area (Å²) in [5.41, 5.74) is 4.14. The van der Waals surface area contributed by atoms with Gasteiger partial charge in [0.25, 0.3) is 0 Å². The molecule has 1 fully saturated rings. The van der Waals surface area contributed by atoms with Gasteiger partial charge in [0, 0.05) is 30.9 Å². The van der Waals surface area contributed by atoms with Gasteiger partial charge in [-0.3, -0.25) is 4.98 Å². The topological polar surface area (TPSA) is 50.3 Å². The fourth-order valence-electron chi connectivity index (χ4n) is 2.99. The number of benzene rings is 1. The van der Waals surface area contributed by atoms with E-state index in [0.717, 1.165) is 28.8 Å². The summed E-state index contributed by atoms with van der Waals surface area (Å²) in [6.45, 7) is 5.14. The van der Waals surface area contributed by atoms with Crippen LogP contribution in [0.25, 0.3) is 0 Å². The number of hydrogen-bond acceptors (Lipinski definition) is 3. The van der Waals surface area contributed by atoms with E-state index in [0.29, 0.717) is 13.1 Å². The van der Waals surface area contributed by atoms with Gasteiger partial charge < -0.3 is 0 Å². The number of hydrogen-bond donors (Lipinski definition) is 0. The maximum absolute atomic E-state index is 12.6. The number of rotatable bonds is 4. The van der Waals surface area contributed by atoms with E-state index in [1.165, 1.54) is 0 Å². The summed E-state index contributed by atoms with van der Waals surface area (Å²) < 4.78 is 26.9. The van der Waals surface area contributed by atoms with Crippen LogP contribution in [0.2, 0.25) is 0 Å². The Labute approximate surface area is 138 Å². The van der Waals surface area contributed by atoms with E-state index in [1.807, 2.05) is 44.2 Å².